The van der Waals surface area contributed by atoms with E-state index < -0.39 is 5.97 Å². The fourth-order valence-electron chi connectivity index (χ4n) is 3.83. The SMILES string of the molecule is Cc1ccc(C(c2ccccc2Br)N2CCCC(C(=O)O)C2)c(C)c1. The number of likely N-dealkylation sites (tertiary alicyclic amines) is 1. The molecule has 1 heterocycles. The Morgan fingerprint density at radius 2 is 1.96 bits per heavy atom. The first-order valence-electron chi connectivity index (χ1n) is 8.76. The van der Waals surface area contributed by atoms with Crippen molar-refractivity contribution in [3.05, 3.63) is 69.2 Å². The molecular weight excluding hydrogens is 378 g/mol. The Bertz CT molecular complexity index is 774. The van der Waals surface area contributed by atoms with Crippen LogP contribution in [-0.2, 0) is 4.79 Å². The van der Waals surface area contributed by atoms with E-state index in [2.05, 4.69) is 71.1 Å². The molecule has 1 aliphatic rings. The third-order valence-corrected chi connectivity index (χ3v) is 5.81. The number of aliphatic carboxylic acids is 1. The lowest BCUT2D eigenvalue weighted by molar-refractivity contribution is -0.143. The van der Waals surface area contributed by atoms with E-state index in [1.54, 1.807) is 0 Å². The number of benzene rings is 2. The lowest BCUT2D eigenvalue weighted by atomic mass is 9.89. The summed E-state index contributed by atoms with van der Waals surface area (Å²) in [4.78, 5) is 13.9. The molecule has 2 atom stereocenters. The highest BCUT2D eigenvalue weighted by atomic mass is 79.9. The van der Waals surface area contributed by atoms with E-state index >= 15 is 0 Å². The first-order chi connectivity index (χ1) is 12.0. The van der Waals surface area contributed by atoms with Crippen molar-refractivity contribution in [3.8, 4) is 0 Å². The molecule has 1 N–H and O–H groups in total. The summed E-state index contributed by atoms with van der Waals surface area (Å²) in [6, 6.07) is 14.9. The predicted octanol–water partition coefficient (Wildman–Crippen LogP) is 4.95. The summed E-state index contributed by atoms with van der Waals surface area (Å²) in [5, 5.41) is 9.49. The number of carboxylic acid groups (broad SMARTS) is 1. The Kier molecular flexibility index (Phi) is 5.60. The molecule has 4 heteroatoms. The first-order valence-corrected chi connectivity index (χ1v) is 9.55. The molecule has 0 aromatic heterocycles. The first kappa shape index (κ1) is 18.2. The van der Waals surface area contributed by atoms with Crippen LogP contribution >= 0.6 is 15.9 Å². The number of aryl methyl sites for hydroxylation is 2. The molecule has 1 fully saturated rings. The van der Waals surface area contributed by atoms with Gasteiger partial charge in [-0.05, 0) is 56.0 Å². The molecule has 0 radical (unpaired) electrons. The minimum Gasteiger partial charge on any atom is -0.481 e. The van der Waals surface area contributed by atoms with Gasteiger partial charge in [0, 0.05) is 11.0 Å². The van der Waals surface area contributed by atoms with Gasteiger partial charge in [-0.25, -0.2) is 0 Å². The van der Waals surface area contributed by atoms with Crippen LogP contribution in [0.5, 0.6) is 0 Å². The Morgan fingerprint density at radius 3 is 2.64 bits per heavy atom. The van der Waals surface area contributed by atoms with E-state index in [0.717, 1.165) is 23.9 Å². The zero-order chi connectivity index (χ0) is 18.0. The molecule has 25 heavy (non-hydrogen) atoms. The van der Waals surface area contributed by atoms with Gasteiger partial charge in [0.2, 0.25) is 0 Å². The normalized spacial score (nSPS) is 19.6. The van der Waals surface area contributed by atoms with E-state index in [0.29, 0.717) is 6.54 Å². The number of hydrogen-bond acceptors (Lipinski definition) is 2. The van der Waals surface area contributed by atoms with Crippen LogP contribution in [0.4, 0.5) is 0 Å². The van der Waals surface area contributed by atoms with Crippen LogP contribution in [0.3, 0.4) is 0 Å². The summed E-state index contributed by atoms with van der Waals surface area (Å²) in [5.41, 5.74) is 4.94. The molecular formula is C21H24BrNO2. The molecule has 3 rings (SSSR count). The third kappa shape index (κ3) is 3.96. The summed E-state index contributed by atoms with van der Waals surface area (Å²) in [7, 11) is 0. The Labute approximate surface area is 157 Å². The quantitative estimate of drug-likeness (QED) is 0.787. The van der Waals surface area contributed by atoms with E-state index in [1.165, 1.54) is 22.3 Å². The highest BCUT2D eigenvalue weighted by Gasteiger charge is 2.32. The van der Waals surface area contributed by atoms with Crippen molar-refractivity contribution in [2.45, 2.75) is 32.7 Å². The molecule has 0 amide bonds. The zero-order valence-corrected chi connectivity index (χ0v) is 16.3. The summed E-state index contributed by atoms with van der Waals surface area (Å²) >= 11 is 3.70. The lowest BCUT2D eigenvalue weighted by Crippen LogP contribution is -2.41. The number of carbonyl (C=O) groups is 1. The second kappa shape index (κ2) is 7.71. The Hall–Kier alpha value is -1.65. The van der Waals surface area contributed by atoms with E-state index in [9.17, 15) is 9.90 Å². The Balaban J connectivity index is 2.06. The molecule has 1 aliphatic heterocycles. The van der Waals surface area contributed by atoms with E-state index in [4.69, 9.17) is 0 Å². The Morgan fingerprint density at radius 1 is 1.20 bits per heavy atom. The average molecular weight is 402 g/mol. The molecule has 0 bridgehead atoms. The van der Waals surface area contributed by atoms with Gasteiger partial charge < -0.3 is 5.11 Å². The second-order valence-corrected chi connectivity index (χ2v) is 7.81. The molecule has 132 valence electrons. The molecule has 3 nitrogen and oxygen atoms in total. The van der Waals surface area contributed by atoms with Gasteiger partial charge in [0.1, 0.15) is 0 Å². The predicted molar refractivity (Wildman–Crippen MR) is 104 cm³/mol. The molecule has 2 aromatic carbocycles. The number of rotatable bonds is 4. The van der Waals surface area contributed by atoms with Crippen LogP contribution in [0.1, 0.15) is 41.1 Å². The van der Waals surface area contributed by atoms with E-state index in [-0.39, 0.29) is 12.0 Å². The standard InChI is InChI=1S/C21H24BrNO2/c1-14-9-10-17(15(2)12-14)20(18-7-3-4-8-19(18)22)23-11-5-6-16(13-23)21(24)25/h3-4,7-10,12,16,20H,5-6,11,13H2,1-2H3,(H,24,25). The van der Waals surface area contributed by atoms with Crippen molar-refractivity contribution in [1.29, 1.82) is 0 Å². The van der Waals surface area contributed by atoms with Gasteiger partial charge in [-0.1, -0.05) is 57.9 Å². The van der Waals surface area contributed by atoms with Crippen LogP contribution < -0.4 is 0 Å². The van der Waals surface area contributed by atoms with Crippen molar-refractivity contribution < 1.29 is 9.90 Å². The minimum atomic E-state index is -0.684. The number of carboxylic acids is 1. The molecule has 2 unspecified atom stereocenters. The number of halogens is 1. The van der Waals surface area contributed by atoms with Crippen molar-refractivity contribution in [2.24, 2.45) is 5.92 Å². The van der Waals surface area contributed by atoms with Crippen LogP contribution in [0.2, 0.25) is 0 Å². The minimum absolute atomic E-state index is 0.0679. The monoisotopic (exact) mass is 401 g/mol. The van der Waals surface area contributed by atoms with Gasteiger partial charge in [-0.3, -0.25) is 9.69 Å². The molecule has 0 spiro atoms. The van der Waals surface area contributed by atoms with Gasteiger partial charge in [0.25, 0.3) is 0 Å². The van der Waals surface area contributed by atoms with Crippen molar-refractivity contribution in [3.63, 3.8) is 0 Å². The lowest BCUT2D eigenvalue weighted by Gasteiger charge is -2.38. The topological polar surface area (TPSA) is 40.5 Å². The summed E-state index contributed by atoms with van der Waals surface area (Å²) in [6.45, 7) is 5.76. The summed E-state index contributed by atoms with van der Waals surface area (Å²) in [6.07, 6.45) is 1.68. The largest absolute Gasteiger partial charge is 0.481 e. The molecule has 0 aliphatic carbocycles. The van der Waals surface area contributed by atoms with E-state index in [1.807, 2.05) is 6.07 Å². The molecule has 0 saturated carbocycles. The number of nitrogens with zero attached hydrogens (tertiary/aromatic N) is 1. The smallest absolute Gasteiger partial charge is 0.307 e. The molecule has 2 aromatic rings. The van der Waals surface area contributed by atoms with Crippen molar-refractivity contribution in [2.75, 3.05) is 13.1 Å². The summed E-state index contributed by atoms with van der Waals surface area (Å²) in [5.74, 6) is -0.972. The fraction of sp³-hybridized carbons (Fsp3) is 0.381. The highest BCUT2D eigenvalue weighted by Crippen LogP contribution is 2.37. The number of hydrogen-bond donors (Lipinski definition) is 1. The maximum atomic E-state index is 11.5. The third-order valence-electron chi connectivity index (χ3n) is 5.09. The fourth-order valence-corrected chi connectivity index (χ4v) is 4.33. The summed E-state index contributed by atoms with van der Waals surface area (Å²) < 4.78 is 1.07. The van der Waals surface area contributed by atoms with Gasteiger partial charge >= 0.3 is 5.97 Å². The van der Waals surface area contributed by atoms with Crippen molar-refractivity contribution >= 4 is 21.9 Å². The van der Waals surface area contributed by atoms with Gasteiger partial charge in [-0.2, -0.15) is 0 Å². The van der Waals surface area contributed by atoms with Gasteiger partial charge in [0.05, 0.1) is 12.0 Å². The van der Waals surface area contributed by atoms with Crippen LogP contribution in [0.15, 0.2) is 46.9 Å². The second-order valence-electron chi connectivity index (χ2n) is 6.96. The highest BCUT2D eigenvalue weighted by molar-refractivity contribution is 9.10. The van der Waals surface area contributed by atoms with Gasteiger partial charge in [-0.15, -0.1) is 0 Å². The maximum Gasteiger partial charge on any atom is 0.307 e. The average Bonchev–Trinajstić information content (AvgIpc) is 2.59. The molecule has 1 saturated heterocycles. The number of piperidine rings is 1. The van der Waals surface area contributed by atoms with Crippen LogP contribution in [-0.4, -0.2) is 29.1 Å². The maximum absolute atomic E-state index is 11.5. The van der Waals surface area contributed by atoms with Crippen LogP contribution in [0, 0.1) is 19.8 Å². The van der Waals surface area contributed by atoms with Crippen LogP contribution in [0.25, 0.3) is 0 Å². The van der Waals surface area contributed by atoms with Crippen molar-refractivity contribution in [1.82, 2.24) is 4.90 Å². The zero-order valence-electron chi connectivity index (χ0n) is 14.7. The van der Waals surface area contributed by atoms with Gasteiger partial charge in [0.15, 0.2) is 0 Å².